The van der Waals surface area contributed by atoms with Crippen LogP contribution >= 0.6 is 15.9 Å². The van der Waals surface area contributed by atoms with E-state index in [1.807, 2.05) is 32.1 Å². The summed E-state index contributed by atoms with van der Waals surface area (Å²) >= 11 is 3.38. The number of hydrogen-bond acceptors (Lipinski definition) is 1. The molecule has 1 aliphatic carbocycles. The van der Waals surface area contributed by atoms with Crippen molar-refractivity contribution in [2.45, 2.75) is 19.4 Å². The molecule has 1 aliphatic rings. The van der Waals surface area contributed by atoms with E-state index >= 15 is 0 Å². The van der Waals surface area contributed by atoms with E-state index in [1.165, 1.54) is 0 Å². The minimum Gasteiger partial charge on any atom is -0.385 e. The minimum atomic E-state index is -0.687. The van der Waals surface area contributed by atoms with Gasteiger partial charge in [-0.3, -0.25) is 0 Å². The molecule has 1 rings (SSSR count). The van der Waals surface area contributed by atoms with Crippen LogP contribution in [-0.2, 0) is 0 Å². The summed E-state index contributed by atoms with van der Waals surface area (Å²) in [5.41, 5.74) is -0.687. The number of hydrogen-bond donors (Lipinski definition) is 1. The summed E-state index contributed by atoms with van der Waals surface area (Å²) in [7, 11) is 0. The van der Waals surface area contributed by atoms with Gasteiger partial charge in [0.1, 0.15) is 0 Å². The van der Waals surface area contributed by atoms with Crippen molar-refractivity contribution in [1.29, 1.82) is 0 Å². The fourth-order valence-electron chi connectivity index (χ4n) is 0.903. The first-order valence-corrected chi connectivity index (χ1v) is 4.10. The predicted molar refractivity (Wildman–Crippen MR) is 45.9 cm³/mol. The molecule has 1 nitrogen and oxygen atoms in total. The van der Waals surface area contributed by atoms with E-state index in [-0.39, 0.29) is 5.92 Å². The van der Waals surface area contributed by atoms with Gasteiger partial charge in [0.15, 0.2) is 0 Å². The van der Waals surface area contributed by atoms with Crippen molar-refractivity contribution in [2.75, 3.05) is 0 Å². The number of halogens is 1. The summed E-state index contributed by atoms with van der Waals surface area (Å²) in [5, 5.41) is 9.66. The SMILES string of the molecule is CC1C(Br)=CC=CC1(C)O. The molecule has 0 saturated carbocycles. The molecule has 0 spiro atoms. The zero-order valence-electron chi connectivity index (χ0n) is 6.13. The second-order valence-corrected chi connectivity index (χ2v) is 3.77. The first-order chi connectivity index (χ1) is 4.54. The molecule has 2 unspecified atom stereocenters. The van der Waals surface area contributed by atoms with Gasteiger partial charge in [0.25, 0.3) is 0 Å². The van der Waals surface area contributed by atoms with Crippen molar-refractivity contribution in [1.82, 2.24) is 0 Å². The molecule has 1 N–H and O–H groups in total. The summed E-state index contributed by atoms with van der Waals surface area (Å²) in [6.07, 6.45) is 5.63. The van der Waals surface area contributed by atoms with Crippen LogP contribution in [0.25, 0.3) is 0 Å². The van der Waals surface area contributed by atoms with Crippen molar-refractivity contribution in [3.63, 3.8) is 0 Å². The molecule has 2 heteroatoms. The molecule has 0 saturated heterocycles. The Hall–Kier alpha value is -0.0800. The van der Waals surface area contributed by atoms with Crippen LogP contribution in [0.15, 0.2) is 22.7 Å². The summed E-state index contributed by atoms with van der Waals surface area (Å²) in [5.74, 6) is 0.164. The van der Waals surface area contributed by atoms with E-state index in [9.17, 15) is 5.11 Å². The van der Waals surface area contributed by atoms with E-state index < -0.39 is 5.60 Å². The highest BCUT2D eigenvalue weighted by molar-refractivity contribution is 9.11. The van der Waals surface area contributed by atoms with Gasteiger partial charge in [-0.05, 0) is 6.92 Å². The van der Waals surface area contributed by atoms with E-state index in [0.29, 0.717) is 0 Å². The lowest BCUT2D eigenvalue weighted by atomic mass is 9.87. The first kappa shape index (κ1) is 8.02. The smallest absolute Gasteiger partial charge is 0.0873 e. The highest BCUT2D eigenvalue weighted by atomic mass is 79.9. The topological polar surface area (TPSA) is 20.2 Å². The molecular weight excluding hydrogens is 192 g/mol. The van der Waals surface area contributed by atoms with Gasteiger partial charge >= 0.3 is 0 Å². The standard InChI is InChI=1S/C8H11BrO/c1-6-7(9)4-3-5-8(6,2)10/h3-6,10H,1-2H3. The van der Waals surface area contributed by atoms with Gasteiger partial charge in [-0.25, -0.2) is 0 Å². The molecule has 0 aliphatic heterocycles. The van der Waals surface area contributed by atoms with Gasteiger partial charge in [0, 0.05) is 10.4 Å². The normalized spacial score (nSPS) is 39.6. The number of allylic oxidation sites excluding steroid dienone is 2. The Balaban J connectivity index is 2.89. The molecule has 0 fully saturated rings. The molecule has 0 aromatic heterocycles. The molecular formula is C8H11BrO. The Labute approximate surface area is 69.6 Å². The molecule has 0 bridgehead atoms. The second kappa shape index (κ2) is 2.51. The minimum absolute atomic E-state index is 0.164. The van der Waals surface area contributed by atoms with Crippen LogP contribution < -0.4 is 0 Å². The summed E-state index contributed by atoms with van der Waals surface area (Å²) in [6, 6.07) is 0. The summed E-state index contributed by atoms with van der Waals surface area (Å²) in [6.45, 7) is 3.80. The Morgan fingerprint density at radius 2 is 2.30 bits per heavy atom. The third-order valence-corrected chi connectivity index (χ3v) is 2.93. The van der Waals surface area contributed by atoms with Gasteiger partial charge in [-0.15, -0.1) is 0 Å². The average Bonchev–Trinajstić information content (AvgIpc) is 1.83. The highest BCUT2D eigenvalue weighted by Crippen LogP contribution is 2.32. The van der Waals surface area contributed by atoms with Crippen LogP contribution in [0.5, 0.6) is 0 Å². The average molecular weight is 203 g/mol. The Morgan fingerprint density at radius 3 is 2.70 bits per heavy atom. The maximum atomic E-state index is 9.66. The molecule has 0 radical (unpaired) electrons. The highest BCUT2D eigenvalue weighted by Gasteiger charge is 2.28. The largest absolute Gasteiger partial charge is 0.385 e. The van der Waals surface area contributed by atoms with Crippen molar-refractivity contribution in [3.05, 3.63) is 22.7 Å². The lowest BCUT2D eigenvalue weighted by Gasteiger charge is -2.29. The van der Waals surface area contributed by atoms with E-state index in [2.05, 4.69) is 15.9 Å². The zero-order valence-corrected chi connectivity index (χ0v) is 7.72. The lowest BCUT2D eigenvalue weighted by Crippen LogP contribution is -2.31. The van der Waals surface area contributed by atoms with Crippen molar-refractivity contribution in [2.24, 2.45) is 5.92 Å². The van der Waals surface area contributed by atoms with Crippen LogP contribution in [0.3, 0.4) is 0 Å². The molecule has 0 heterocycles. The van der Waals surface area contributed by atoms with Gasteiger partial charge < -0.3 is 5.11 Å². The Bertz CT molecular complexity index is 191. The van der Waals surface area contributed by atoms with E-state index in [1.54, 1.807) is 0 Å². The first-order valence-electron chi connectivity index (χ1n) is 3.31. The van der Waals surface area contributed by atoms with Gasteiger partial charge in [0.2, 0.25) is 0 Å². The molecule has 56 valence electrons. The molecule has 2 atom stereocenters. The summed E-state index contributed by atoms with van der Waals surface area (Å²) < 4.78 is 1.06. The van der Waals surface area contributed by atoms with Crippen molar-refractivity contribution < 1.29 is 5.11 Å². The van der Waals surface area contributed by atoms with Gasteiger partial charge in [-0.1, -0.05) is 41.1 Å². The second-order valence-electron chi connectivity index (χ2n) is 2.86. The fraction of sp³-hybridized carbons (Fsp3) is 0.500. The maximum Gasteiger partial charge on any atom is 0.0873 e. The van der Waals surface area contributed by atoms with Crippen molar-refractivity contribution in [3.8, 4) is 0 Å². The Morgan fingerprint density at radius 1 is 1.70 bits per heavy atom. The predicted octanol–water partition coefficient (Wildman–Crippen LogP) is 2.22. The van der Waals surface area contributed by atoms with Crippen LogP contribution in [0.1, 0.15) is 13.8 Å². The Kier molecular flexibility index (Phi) is 2.02. The number of rotatable bonds is 0. The van der Waals surface area contributed by atoms with Gasteiger partial charge in [0.05, 0.1) is 5.60 Å². The molecule has 10 heavy (non-hydrogen) atoms. The fourth-order valence-corrected chi connectivity index (χ4v) is 1.52. The lowest BCUT2D eigenvalue weighted by molar-refractivity contribution is 0.0718. The zero-order chi connectivity index (χ0) is 7.78. The van der Waals surface area contributed by atoms with Crippen LogP contribution in [0.4, 0.5) is 0 Å². The summed E-state index contributed by atoms with van der Waals surface area (Å²) in [4.78, 5) is 0. The van der Waals surface area contributed by atoms with Gasteiger partial charge in [-0.2, -0.15) is 0 Å². The van der Waals surface area contributed by atoms with E-state index in [0.717, 1.165) is 4.48 Å². The third kappa shape index (κ3) is 1.32. The van der Waals surface area contributed by atoms with Crippen molar-refractivity contribution >= 4 is 15.9 Å². The maximum absolute atomic E-state index is 9.66. The molecule has 0 aromatic carbocycles. The molecule has 0 amide bonds. The van der Waals surface area contributed by atoms with Crippen LogP contribution in [0, 0.1) is 5.92 Å². The number of aliphatic hydroxyl groups is 1. The third-order valence-electron chi connectivity index (χ3n) is 1.98. The van der Waals surface area contributed by atoms with E-state index in [4.69, 9.17) is 0 Å². The molecule has 0 aromatic rings. The quantitative estimate of drug-likeness (QED) is 0.639. The monoisotopic (exact) mass is 202 g/mol. The van der Waals surface area contributed by atoms with Crippen LogP contribution in [0.2, 0.25) is 0 Å². The van der Waals surface area contributed by atoms with Crippen LogP contribution in [-0.4, -0.2) is 10.7 Å².